The molecule has 3 rings (SSSR count). The average molecular weight is 1200 g/mol. The van der Waals surface area contributed by atoms with Gasteiger partial charge in [-0.2, -0.15) is 0 Å². The predicted octanol–water partition coefficient (Wildman–Crippen LogP) is 29.0. The standard InChI is InChI=1S/C82H146O4/c1-5-9-13-17-21-25-29-33-37-41-45-49-53-57-61-69-83-75-65-67-77-79(73-75)81(85-71-63-59-55-51-47-43-39-35-31-27-23-19-15-11-7-3)78-68-66-76(84-70-62-58-54-50-46-42-38-34-30-26-22-18-14-10-6-2)74-80(78)82(77)86-72-64-60-56-52-48-44-40-36-32-28-24-20-16-12-8-4/h65-68,73-74H,5-64,69-72H2,1-4H3. The molecule has 0 unspecified atom stereocenters. The Morgan fingerprint density at radius 2 is 0.337 bits per heavy atom. The molecule has 0 heterocycles. The quantitative estimate of drug-likeness (QED) is 0.0417. The van der Waals surface area contributed by atoms with Crippen LogP contribution in [0.3, 0.4) is 0 Å². The maximum atomic E-state index is 7.01. The topological polar surface area (TPSA) is 36.9 Å². The van der Waals surface area contributed by atoms with Gasteiger partial charge in [0.25, 0.3) is 0 Å². The van der Waals surface area contributed by atoms with Gasteiger partial charge in [0.2, 0.25) is 0 Å². The van der Waals surface area contributed by atoms with Crippen LogP contribution in [-0.4, -0.2) is 26.4 Å². The van der Waals surface area contributed by atoms with E-state index in [1.54, 1.807) is 0 Å². The van der Waals surface area contributed by atoms with Crippen LogP contribution in [0, 0.1) is 0 Å². The van der Waals surface area contributed by atoms with Crippen LogP contribution in [0.5, 0.6) is 23.0 Å². The number of ether oxygens (including phenoxy) is 4. The number of fused-ring (bicyclic) bond motifs is 2. The van der Waals surface area contributed by atoms with E-state index in [1.165, 1.54) is 360 Å². The van der Waals surface area contributed by atoms with Crippen molar-refractivity contribution in [3.63, 3.8) is 0 Å². The second kappa shape index (κ2) is 60.0. The number of unbranched alkanes of at least 4 members (excludes halogenated alkanes) is 56. The first-order valence-electron chi connectivity index (χ1n) is 39.3. The summed E-state index contributed by atoms with van der Waals surface area (Å²) < 4.78 is 27.2. The van der Waals surface area contributed by atoms with E-state index in [4.69, 9.17) is 18.9 Å². The normalized spacial score (nSPS) is 11.7. The fourth-order valence-electron chi connectivity index (χ4n) is 13.2. The second-order valence-corrected chi connectivity index (χ2v) is 27.3. The van der Waals surface area contributed by atoms with Crippen LogP contribution >= 0.6 is 0 Å². The van der Waals surface area contributed by atoms with Crippen molar-refractivity contribution in [2.45, 2.75) is 413 Å². The molecule has 0 aromatic heterocycles. The molecule has 4 nitrogen and oxygen atoms in total. The Morgan fingerprint density at radius 1 is 0.174 bits per heavy atom. The smallest absolute Gasteiger partial charge is 0.135 e. The minimum Gasteiger partial charge on any atom is -0.494 e. The van der Waals surface area contributed by atoms with Gasteiger partial charge in [-0.05, 0) is 62.1 Å². The highest BCUT2D eigenvalue weighted by Crippen LogP contribution is 2.45. The summed E-state index contributed by atoms with van der Waals surface area (Å²) >= 11 is 0. The van der Waals surface area contributed by atoms with Gasteiger partial charge in [-0.25, -0.2) is 0 Å². The molecule has 0 radical (unpaired) electrons. The molecule has 0 aliphatic carbocycles. The molecule has 3 aromatic carbocycles. The lowest BCUT2D eigenvalue weighted by Crippen LogP contribution is -2.04. The first-order valence-corrected chi connectivity index (χ1v) is 39.3. The lowest BCUT2D eigenvalue weighted by Gasteiger charge is -2.20. The summed E-state index contributed by atoms with van der Waals surface area (Å²) in [5.41, 5.74) is 0. The molecular formula is C82H146O4. The highest BCUT2D eigenvalue weighted by atomic mass is 16.5. The number of hydrogen-bond acceptors (Lipinski definition) is 4. The van der Waals surface area contributed by atoms with Gasteiger partial charge < -0.3 is 18.9 Å². The van der Waals surface area contributed by atoms with E-state index in [1.807, 2.05) is 0 Å². The largest absolute Gasteiger partial charge is 0.494 e. The molecular weight excluding hydrogens is 1050 g/mol. The third-order valence-corrected chi connectivity index (χ3v) is 19.0. The third-order valence-electron chi connectivity index (χ3n) is 19.0. The van der Waals surface area contributed by atoms with E-state index < -0.39 is 0 Å². The van der Waals surface area contributed by atoms with Crippen molar-refractivity contribution in [2.24, 2.45) is 0 Å². The number of benzene rings is 3. The van der Waals surface area contributed by atoms with Gasteiger partial charge in [-0.3, -0.25) is 0 Å². The minimum absolute atomic E-state index is 0.726. The molecule has 86 heavy (non-hydrogen) atoms. The summed E-state index contributed by atoms with van der Waals surface area (Å²) in [6.07, 6.45) is 82.2. The van der Waals surface area contributed by atoms with Gasteiger partial charge in [0, 0.05) is 21.5 Å². The lowest BCUT2D eigenvalue weighted by atomic mass is 9.99. The van der Waals surface area contributed by atoms with Gasteiger partial charge in [0.05, 0.1) is 26.4 Å². The summed E-state index contributed by atoms with van der Waals surface area (Å²) in [4.78, 5) is 0. The van der Waals surface area contributed by atoms with Crippen LogP contribution in [0.15, 0.2) is 36.4 Å². The van der Waals surface area contributed by atoms with Crippen LogP contribution in [0.25, 0.3) is 21.5 Å². The van der Waals surface area contributed by atoms with Crippen molar-refractivity contribution < 1.29 is 18.9 Å². The summed E-state index contributed by atoms with van der Waals surface area (Å²) in [6.45, 7) is 12.2. The second-order valence-electron chi connectivity index (χ2n) is 27.3. The average Bonchev–Trinajstić information content (AvgIpc) is 0.998. The first kappa shape index (κ1) is 77.6. The van der Waals surface area contributed by atoms with Gasteiger partial charge in [0.1, 0.15) is 23.0 Å². The highest BCUT2D eigenvalue weighted by Gasteiger charge is 2.19. The summed E-state index contributed by atoms with van der Waals surface area (Å²) in [7, 11) is 0. The number of hydrogen-bond donors (Lipinski definition) is 0. The predicted molar refractivity (Wildman–Crippen MR) is 383 cm³/mol. The van der Waals surface area contributed by atoms with Gasteiger partial charge >= 0.3 is 0 Å². The van der Waals surface area contributed by atoms with Crippen LogP contribution < -0.4 is 18.9 Å². The van der Waals surface area contributed by atoms with Crippen molar-refractivity contribution in [2.75, 3.05) is 26.4 Å². The molecule has 0 saturated carbocycles. The maximum absolute atomic E-state index is 7.01. The van der Waals surface area contributed by atoms with Gasteiger partial charge in [-0.15, -0.1) is 0 Å². The Balaban J connectivity index is 1.62. The molecule has 0 saturated heterocycles. The summed E-state index contributed by atoms with van der Waals surface area (Å²) in [5.74, 6) is 3.84. The zero-order valence-electron chi connectivity index (χ0n) is 58.4. The SMILES string of the molecule is CCCCCCCCCCCCCCCCCOc1ccc2c(OCCCCCCCCCCCCCCCCC)c3cc(OCCCCCCCCCCCCCCCCC)ccc3c(OCCCCCCCCCCCCCCCCC)c2c1. The van der Waals surface area contributed by atoms with Gasteiger partial charge in [0.15, 0.2) is 0 Å². The molecule has 498 valence electrons. The van der Waals surface area contributed by atoms with E-state index in [0.717, 1.165) is 96.7 Å². The van der Waals surface area contributed by atoms with Crippen LogP contribution in [0.2, 0.25) is 0 Å². The minimum atomic E-state index is 0.726. The first-order chi connectivity index (χ1) is 42.7. The Labute approximate surface area is 536 Å². The molecule has 4 heteroatoms. The van der Waals surface area contributed by atoms with Crippen molar-refractivity contribution >= 4 is 21.5 Å². The molecule has 0 amide bonds. The van der Waals surface area contributed by atoms with Crippen LogP contribution in [-0.2, 0) is 0 Å². The third kappa shape index (κ3) is 42.4. The van der Waals surface area contributed by atoms with E-state index in [0.29, 0.717) is 0 Å². The van der Waals surface area contributed by atoms with E-state index in [-0.39, 0.29) is 0 Å². The van der Waals surface area contributed by atoms with E-state index >= 15 is 0 Å². The van der Waals surface area contributed by atoms with E-state index in [9.17, 15) is 0 Å². The highest BCUT2D eigenvalue weighted by molar-refractivity contribution is 6.11. The fraction of sp³-hybridized carbons (Fsp3) is 0.829. The molecule has 0 spiro atoms. The van der Waals surface area contributed by atoms with Crippen molar-refractivity contribution in [1.29, 1.82) is 0 Å². The van der Waals surface area contributed by atoms with Crippen molar-refractivity contribution in [3.8, 4) is 23.0 Å². The Morgan fingerprint density at radius 3 is 0.523 bits per heavy atom. The fourth-order valence-corrected chi connectivity index (χ4v) is 13.2. The molecule has 0 fully saturated rings. The van der Waals surface area contributed by atoms with Gasteiger partial charge in [-0.1, -0.05) is 387 Å². The number of rotatable bonds is 68. The molecule has 3 aromatic rings. The summed E-state index contributed by atoms with van der Waals surface area (Å²) in [6, 6.07) is 13.4. The monoisotopic (exact) mass is 1200 g/mol. The molecule has 0 N–H and O–H groups in total. The Hall–Kier alpha value is -2.62. The van der Waals surface area contributed by atoms with E-state index in [2.05, 4.69) is 64.1 Å². The zero-order valence-corrected chi connectivity index (χ0v) is 58.4. The molecule has 0 bridgehead atoms. The maximum Gasteiger partial charge on any atom is 0.135 e. The lowest BCUT2D eigenvalue weighted by molar-refractivity contribution is 0.300. The summed E-state index contributed by atoms with van der Waals surface area (Å²) in [5, 5.41) is 4.49. The Kier molecular flexibility index (Phi) is 54.1. The Bertz CT molecular complexity index is 1750. The van der Waals surface area contributed by atoms with Crippen LogP contribution in [0.1, 0.15) is 413 Å². The van der Waals surface area contributed by atoms with Crippen molar-refractivity contribution in [1.82, 2.24) is 0 Å². The molecule has 0 atom stereocenters. The zero-order chi connectivity index (χ0) is 60.9. The molecule has 0 aliphatic heterocycles. The molecule has 0 aliphatic rings. The van der Waals surface area contributed by atoms with Crippen LogP contribution in [0.4, 0.5) is 0 Å². The van der Waals surface area contributed by atoms with Crippen molar-refractivity contribution in [3.05, 3.63) is 36.4 Å².